The number of hydrogen-bond acceptors (Lipinski definition) is 4. The fourth-order valence-electron chi connectivity index (χ4n) is 1.65. The molecule has 5 heteroatoms. The Labute approximate surface area is 106 Å². The summed E-state index contributed by atoms with van der Waals surface area (Å²) in [5.74, 6) is 1.03. The number of rotatable bonds is 6. The third-order valence-corrected chi connectivity index (χ3v) is 3.93. The highest BCUT2D eigenvalue weighted by atomic mass is 32.1. The second kappa shape index (κ2) is 5.93. The van der Waals surface area contributed by atoms with Crippen molar-refractivity contribution in [3.8, 4) is 0 Å². The molecule has 0 bridgehead atoms. The Morgan fingerprint density at radius 2 is 2.18 bits per heavy atom. The van der Waals surface area contributed by atoms with Crippen LogP contribution in [0.5, 0.6) is 0 Å². The van der Waals surface area contributed by atoms with Crippen LogP contribution in [-0.2, 0) is 26.4 Å². The second-order valence-corrected chi connectivity index (χ2v) is 5.26. The van der Waals surface area contributed by atoms with Gasteiger partial charge in [-0.05, 0) is 18.6 Å². The molecule has 0 unspecified atom stereocenters. The summed E-state index contributed by atoms with van der Waals surface area (Å²) in [4.78, 5) is 2.86. The van der Waals surface area contributed by atoms with E-state index in [1.165, 1.54) is 9.75 Å². The smallest absolute Gasteiger partial charge is 0.133 e. The van der Waals surface area contributed by atoms with Crippen molar-refractivity contribution >= 4 is 11.3 Å². The highest BCUT2D eigenvalue weighted by Gasteiger charge is 2.01. The Morgan fingerprint density at radius 3 is 2.82 bits per heavy atom. The number of aromatic nitrogens is 3. The van der Waals surface area contributed by atoms with Crippen molar-refractivity contribution in [1.82, 2.24) is 20.1 Å². The fourth-order valence-corrected chi connectivity index (χ4v) is 2.58. The van der Waals surface area contributed by atoms with E-state index in [9.17, 15) is 0 Å². The summed E-state index contributed by atoms with van der Waals surface area (Å²) in [6.07, 6.45) is 3.79. The van der Waals surface area contributed by atoms with E-state index in [1.807, 2.05) is 23.0 Å². The van der Waals surface area contributed by atoms with Gasteiger partial charge in [-0.15, -0.1) is 21.5 Å². The lowest BCUT2D eigenvalue weighted by Crippen LogP contribution is -2.17. The molecule has 0 aliphatic heterocycles. The lowest BCUT2D eigenvalue weighted by atomic mass is 10.3. The molecule has 0 fully saturated rings. The van der Waals surface area contributed by atoms with Gasteiger partial charge in [-0.25, -0.2) is 0 Å². The summed E-state index contributed by atoms with van der Waals surface area (Å²) in [7, 11) is 1.97. The van der Waals surface area contributed by atoms with Crippen LogP contribution in [0, 0.1) is 0 Å². The van der Waals surface area contributed by atoms with Crippen LogP contribution < -0.4 is 5.32 Å². The maximum Gasteiger partial charge on any atom is 0.133 e. The predicted molar refractivity (Wildman–Crippen MR) is 70.1 cm³/mol. The number of nitrogens with zero attached hydrogens (tertiary/aromatic N) is 3. The minimum atomic E-state index is 0.919. The standard InChI is InChI=1S/C12H18N4S/c1-3-10-4-5-11(17-10)8-13-7-6-12-15-14-9-16(12)2/h4-5,9,13H,3,6-8H2,1-2H3. The molecule has 2 rings (SSSR count). The highest BCUT2D eigenvalue weighted by molar-refractivity contribution is 7.11. The third kappa shape index (κ3) is 3.38. The lowest BCUT2D eigenvalue weighted by Gasteiger charge is -2.02. The summed E-state index contributed by atoms with van der Waals surface area (Å²) < 4.78 is 1.96. The number of hydrogen-bond donors (Lipinski definition) is 1. The zero-order valence-electron chi connectivity index (χ0n) is 10.3. The van der Waals surface area contributed by atoms with Crippen molar-refractivity contribution < 1.29 is 0 Å². The van der Waals surface area contributed by atoms with Crippen LogP contribution in [0.3, 0.4) is 0 Å². The van der Waals surface area contributed by atoms with Crippen LogP contribution in [0.2, 0.25) is 0 Å². The molecule has 2 heterocycles. The quantitative estimate of drug-likeness (QED) is 0.795. The summed E-state index contributed by atoms with van der Waals surface area (Å²) in [6, 6.07) is 4.42. The molecule has 2 aromatic rings. The van der Waals surface area contributed by atoms with Crippen LogP contribution in [0.1, 0.15) is 22.5 Å². The van der Waals surface area contributed by atoms with E-state index in [0.717, 1.165) is 31.8 Å². The maximum absolute atomic E-state index is 4.05. The van der Waals surface area contributed by atoms with Gasteiger partial charge in [0.05, 0.1) is 0 Å². The molecule has 0 amide bonds. The minimum Gasteiger partial charge on any atom is -0.321 e. The zero-order valence-corrected chi connectivity index (χ0v) is 11.1. The summed E-state index contributed by atoms with van der Waals surface area (Å²) in [5.41, 5.74) is 0. The van der Waals surface area contributed by atoms with Crippen molar-refractivity contribution in [2.45, 2.75) is 26.3 Å². The van der Waals surface area contributed by atoms with Crippen molar-refractivity contribution in [2.75, 3.05) is 6.54 Å². The molecule has 17 heavy (non-hydrogen) atoms. The normalized spacial score (nSPS) is 10.9. The van der Waals surface area contributed by atoms with E-state index in [-0.39, 0.29) is 0 Å². The molecular weight excluding hydrogens is 232 g/mol. The molecule has 0 aliphatic rings. The summed E-state index contributed by atoms with van der Waals surface area (Å²) in [6.45, 7) is 4.07. The van der Waals surface area contributed by atoms with Gasteiger partial charge in [0, 0.05) is 36.3 Å². The number of thiophene rings is 1. The van der Waals surface area contributed by atoms with Crippen molar-refractivity contribution in [3.05, 3.63) is 34.0 Å². The van der Waals surface area contributed by atoms with E-state index >= 15 is 0 Å². The molecule has 0 saturated carbocycles. The Balaban J connectivity index is 1.71. The Bertz CT molecular complexity index is 461. The van der Waals surface area contributed by atoms with Gasteiger partial charge in [0.25, 0.3) is 0 Å². The SMILES string of the molecule is CCc1ccc(CNCCc2nncn2C)s1. The molecule has 2 aromatic heterocycles. The molecule has 0 aliphatic carbocycles. The molecule has 0 saturated heterocycles. The van der Waals surface area contributed by atoms with Gasteiger partial charge >= 0.3 is 0 Å². The van der Waals surface area contributed by atoms with Crippen molar-refractivity contribution in [1.29, 1.82) is 0 Å². The number of aryl methyl sites for hydroxylation is 2. The van der Waals surface area contributed by atoms with E-state index in [1.54, 1.807) is 6.33 Å². The molecule has 0 radical (unpaired) electrons. The fraction of sp³-hybridized carbons (Fsp3) is 0.500. The molecule has 92 valence electrons. The highest BCUT2D eigenvalue weighted by Crippen LogP contribution is 2.16. The van der Waals surface area contributed by atoms with Gasteiger partial charge in [0.1, 0.15) is 12.2 Å². The van der Waals surface area contributed by atoms with Gasteiger partial charge in [0.2, 0.25) is 0 Å². The first-order chi connectivity index (χ1) is 8.29. The average Bonchev–Trinajstić information content (AvgIpc) is 2.94. The summed E-state index contributed by atoms with van der Waals surface area (Å²) >= 11 is 1.89. The van der Waals surface area contributed by atoms with Crippen LogP contribution in [0.4, 0.5) is 0 Å². The third-order valence-electron chi connectivity index (χ3n) is 2.70. The van der Waals surface area contributed by atoms with Gasteiger partial charge in [0.15, 0.2) is 0 Å². The van der Waals surface area contributed by atoms with Crippen molar-refractivity contribution in [3.63, 3.8) is 0 Å². The Hall–Kier alpha value is -1.20. The molecule has 4 nitrogen and oxygen atoms in total. The molecule has 1 N–H and O–H groups in total. The maximum atomic E-state index is 4.05. The first-order valence-electron chi connectivity index (χ1n) is 5.90. The molecule has 0 aromatic carbocycles. The van der Waals surface area contributed by atoms with E-state index in [0.29, 0.717) is 0 Å². The topological polar surface area (TPSA) is 42.7 Å². The molecule has 0 spiro atoms. The van der Waals surface area contributed by atoms with Crippen LogP contribution in [0.25, 0.3) is 0 Å². The molecule has 0 atom stereocenters. The first kappa shape index (κ1) is 12.3. The van der Waals surface area contributed by atoms with Gasteiger partial charge in [-0.3, -0.25) is 0 Å². The first-order valence-corrected chi connectivity index (χ1v) is 6.72. The minimum absolute atomic E-state index is 0.919. The lowest BCUT2D eigenvalue weighted by molar-refractivity contribution is 0.658. The van der Waals surface area contributed by atoms with E-state index in [4.69, 9.17) is 0 Å². The predicted octanol–water partition coefficient (Wildman–Crippen LogP) is 1.77. The number of nitrogens with one attached hydrogen (secondary N) is 1. The average molecular weight is 250 g/mol. The van der Waals surface area contributed by atoms with Gasteiger partial charge < -0.3 is 9.88 Å². The van der Waals surface area contributed by atoms with E-state index < -0.39 is 0 Å². The van der Waals surface area contributed by atoms with Gasteiger partial charge in [-0.2, -0.15) is 0 Å². The molecular formula is C12H18N4S. The van der Waals surface area contributed by atoms with Crippen LogP contribution in [-0.4, -0.2) is 21.3 Å². The van der Waals surface area contributed by atoms with Gasteiger partial charge in [-0.1, -0.05) is 6.92 Å². The Kier molecular flexibility index (Phi) is 4.28. The van der Waals surface area contributed by atoms with Crippen LogP contribution in [0.15, 0.2) is 18.5 Å². The monoisotopic (exact) mass is 250 g/mol. The van der Waals surface area contributed by atoms with Crippen molar-refractivity contribution in [2.24, 2.45) is 7.05 Å². The van der Waals surface area contributed by atoms with E-state index in [2.05, 4.69) is 34.6 Å². The zero-order chi connectivity index (χ0) is 12.1. The largest absolute Gasteiger partial charge is 0.321 e. The Morgan fingerprint density at radius 1 is 1.35 bits per heavy atom. The van der Waals surface area contributed by atoms with Crippen LogP contribution >= 0.6 is 11.3 Å². The summed E-state index contributed by atoms with van der Waals surface area (Å²) in [5, 5.41) is 11.3. The second-order valence-electron chi connectivity index (χ2n) is 4.01.